The molecule has 0 bridgehead atoms. The van der Waals surface area contributed by atoms with Crippen molar-refractivity contribution in [2.45, 2.75) is 20.4 Å². The molecule has 7 nitrogen and oxygen atoms in total. The minimum Gasteiger partial charge on any atom is -0.494 e. The van der Waals surface area contributed by atoms with Gasteiger partial charge in [0.25, 0.3) is 0 Å². The van der Waals surface area contributed by atoms with E-state index in [4.69, 9.17) is 18.6 Å². The monoisotopic (exact) mass is 440 g/mol. The Morgan fingerprint density at radius 2 is 1.97 bits per heavy atom. The Bertz CT molecular complexity index is 1280. The van der Waals surface area contributed by atoms with Gasteiger partial charge < -0.3 is 23.2 Å². The number of carbonyl (C=O) groups is 1. The number of thiazole rings is 1. The summed E-state index contributed by atoms with van der Waals surface area (Å²) in [6, 6.07) is 13.1. The molecule has 0 atom stereocenters. The molecule has 0 N–H and O–H groups in total. The molecule has 0 fully saturated rings. The van der Waals surface area contributed by atoms with E-state index in [2.05, 4.69) is 4.99 Å². The zero-order valence-electron chi connectivity index (χ0n) is 17.7. The fraction of sp³-hybridized carbons (Fsp3) is 0.304. The number of nitrogens with zero attached hydrogens (tertiary/aromatic N) is 2. The molecular formula is C23H24N2O5S. The first-order chi connectivity index (χ1) is 15.1. The van der Waals surface area contributed by atoms with Gasteiger partial charge in [-0.2, -0.15) is 4.99 Å². The van der Waals surface area contributed by atoms with Crippen LogP contribution in [-0.2, 0) is 11.3 Å². The summed E-state index contributed by atoms with van der Waals surface area (Å²) in [7, 11) is 1.65. The van der Waals surface area contributed by atoms with Crippen LogP contribution >= 0.6 is 11.3 Å². The predicted octanol–water partition coefficient (Wildman–Crippen LogP) is 4.63. The summed E-state index contributed by atoms with van der Waals surface area (Å²) in [6.45, 7) is 6.03. The van der Waals surface area contributed by atoms with Crippen molar-refractivity contribution >= 4 is 38.4 Å². The van der Waals surface area contributed by atoms with E-state index in [0.717, 1.165) is 21.4 Å². The van der Waals surface area contributed by atoms with E-state index in [1.54, 1.807) is 13.2 Å². The molecule has 4 aromatic rings. The molecule has 0 saturated heterocycles. The van der Waals surface area contributed by atoms with Crippen LogP contribution in [0.2, 0.25) is 0 Å². The second kappa shape index (κ2) is 9.36. The Morgan fingerprint density at radius 1 is 1.13 bits per heavy atom. The first kappa shape index (κ1) is 21.1. The van der Waals surface area contributed by atoms with Crippen LogP contribution in [0.15, 0.2) is 51.9 Å². The molecule has 0 aliphatic heterocycles. The maximum Gasteiger partial charge on any atom is 0.315 e. The summed E-state index contributed by atoms with van der Waals surface area (Å²) in [5, 5.41) is 0.800. The molecule has 162 valence electrons. The molecule has 2 aromatic heterocycles. The van der Waals surface area contributed by atoms with Gasteiger partial charge in [-0.1, -0.05) is 23.5 Å². The Kier molecular flexibility index (Phi) is 6.39. The van der Waals surface area contributed by atoms with E-state index in [9.17, 15) is 4.79 Å². The number of ether oxygens (including phenoxy) is 3. The first-order valence-corrected chi connectivity index (χ1v) is 11.0. The quantitative estimate of drug-likeness (QED) is 0.399. The summed E-state index contributed by atoms with van der Waals surface area (Å²) in [4.78, 5) is 17.9. The molecular weight excluding hydrogens is 416 g/mol. The van der Waals surface area contributed by atoms with E-state index < -0.39 is 5.91 Å². The molecule has 2 heterocycles. The lowest BCUT2D eigenvalue weighted by Crippen LogP contribution is -2.19. The summed E-state index contributed by atoms with van der Waals surface area (Å²) in [6.07, 6.45) is 0. The van der Waals surface area contributed by atoms with Gasteiger partial charge in [-0.25, -0.2) is 0 Å². The lowest BCUT2D eigenvalue weighted by Gasteiger charge is -2.05. The average molecular weight is 441 g/mol. The zero-order valence-corrected chi connectivity index (χ0v) is 18.5. The highest BCUT2D eigenvalue weighted by Crippen LogP contribution is 2.29. The van der Waals surface area contributed by atoms with Crippen molar-refractivity contribution in [3.63, 3.8) is 0 Å². The summed E-state index contributed by atoms with van der Waals surface area (Å²) in [5.41, 5.74) is 1.52. The molecule has 8 heteroatoms. The molecule has 0 unspecified atom stereocenters. The molecule has 4 rings (SSSR count). The van der Waals surface area contributed by atoms with Crippen LogP contribution in [0.5, 0.6) is 11.5 Å². The summed E-state index contributed by atoms with van der Waals surface area (Å²) in [5.74, 6) is 1.13. The third-order valence-corrected chi connectivity index (χ3v) is 5.74. The van der Waals surface area contributed by atoms with Crippen molar-refractivity contribution in [1.29, 1.82) is 0 Å². The van der Waals surface area contributed by atoms with E-state index in [1.165, 1.54) is 11.3 Å². The van der Waals surface area contributed by atoms with Crippen molar-refractivity contribution in [3.8, 4) is 11.5 Å². The fourth-order valence-electron chi connectivity index (χ4n) is 3.35. The summed E-state index contributed by atoms with van der Waals surface area (Å²) >= 11 is 1.43. The minimum absolute atomic E-state index is 0.174. The smallest absolute Gasteiger partial charge is 0.315 e. The largest absolute Gasteiger partial charge is 0.494 e. The van der Waals surface area contributed by atoms with Gasteiger partial charge in [0.1, 0.15) is 5.75 Å². The zero-order chi connectivity index (χ0) is 21.8. The van der Waals surface area contributed by atoms with Gasteiger partial charge >= 0.3 is 5.91 Å². The van der Waals surface area contributed by atoms with Crippen LogP contribution < -0.4 is 14.3 Å². The van der Waals surface area contributed by atoms with Gasteiger partial charge in [0.05, 0.1) is 30.0 Å². The van der Waals surface area contributed by atoms with Crippen molar-refractivity contribution < 1.29 is 23.4 Å². The maximum absolute atomic E-state index is 13.0. The summed E-state index contributed by atoms with van der Waals surface area (Å²) < 4.78 is 25.2. The predicted molar refractivity (Wildman–Crippen MR) is 120 cm³/mol. The molecule has 0 aliphatic rings. The normalized spacial score (nSPS) is 12.0. The van der Waals surface area contributed by atoms with Gasteiger partial charge in [-0.3, -0.25) is 4.79 Å². The van der Waals surface area contributed by atoms with Gasteiger partial charge in [-0.05, 0) is 44.2 Å². The number of rotatable bonds is 8. The highest BCUT2D eigenvalue weighted by atomic mass is 32.1. The number of furan rings is 1. The van der Waals surface area contributed by atoms with Crippen LogP contribution in [0, 0.1) is 0 Å². The Balaban J connectivity index is 1.77. The van der Waals surface area contributed by atoms with E-state index in [-0.39, 0.29) is 5.76 Å². The second-order valence-electron chi connectivity index (χ2n) is 6.73. The van der Waals surface area contributed by atoms with Crippen LogP contribution in [0.3, 0.4) is 0 Å². The van der Waals surface area contributed by atoms with E-state index >= 15 is 0 Å². The lowest BCUT2D eigenvalue weighted by molar-refractivity contribution is 0.0973. The molecule has 0 saturated carbocycles. The van der Waals surface area contributed by atoms with Crippen LogP contribution in [0.25, 0.3) is 21.2 Å². The molecule has 2 aromatic carbocycles. The highest BCUT2D eigenvalue weighted by molar-refractivity contribution is 7.16. The first-order valence-electron chi connectivity index (χ1n) is 10.1. The highest BCUT2D eigenvalue weighted by Gasteiger charge is 2.16. The number of benzene rings is 2. The van der Waals surface area contributed by atoms with Crippen molar-refractivity contribution in [2.24, 2.45) is 4.99 Å². The third-order valence-electron chi connectivity index (χ3n) is 4.70. The molecule has 1 amide bonds. The van der Waals surface area contributed by atoms with Crippen LogP contribution in [0.1, 0.15) is 24.4 Å². The van der Waals surface area contributed by atoms with Gasteiger partial charge in [0, 0.05) is 19.0 Å². The maximum atomic E-state index is 13.0. The minimum atomic E-state index is -0.443. The van der Waals surface area contributed by atoms with E-state index in [1.807, 2.05) is 54.8 Å². The standard InChI is InChI=1S/C23H24N2O5S/c1-4-28-16-9-10-17-20(14-16)31-23(25(17)11-12-27-3)24-22(26)19-13-15-7-6-8-18(29-5-2)21(15)30-19/h6-10,13-14H,4-5,11-12H2,1-3H3. The van der Waals surface area contributed by atoms with Crippen molar-refractivity contribution in [2.75, 3.05) is 26.9 Å². The Hall–Kier alpha value is -3.10. The Labute approximate surface area is 183 Å². The lowest BCUT2D eigenvalue weighted by atomic mass is 10.2. The Morgan fingerprint density at radius 3 is 2.74 bits per heavy atom. The number of fused-ring (bicyclic) bond motifs is 2. The van der Waals surface area contributed by atoms with Crippen LogP contribution in [0.4, 0.5) is 0 Å². The number of hydrogen-bond donors (Lipinski definition) is 0. The number of aromatic nitrogens is 1. The fourth-order valence-corrected chi connectivity index (χ4v) is 4.43. The van der Waals surface area contributed by atoms with Gasteiger partial charge in [0.2, 0.25) is 0 Å². The number of methoxy groups -OCH3 is 1. The molecule has 0 aliphatic carbocycles. The second-order valence-corrected chi connectivity index (χ2v) is 7.74. The van der Waals surface area contributed by atoms with Crippen LogP contribution in [-0.4, -0.2) is 37.4 Å². The topological polar surface area (TPSA) is 75.2 Å². The number of hydrogen-bond acceptors (Lipinski definition) is 6. The number of para-hydroxylation sites is 1. The van der Waals surface area contributed by atoms with E-state index in [0.29, 0.717) is 42.5 Å². The number of amides is 1. The molecule has 31 heavy (non-hydrogen) atoms. The van der Waals surface area contributed by atoms with Crippen molar-refractivity contribution in [1.82, 2.24) is 4.57 Å². The molecule has 0 spiro atoms. The van der Waals surface area contributed by atoms with Gasteiger partial charge in [0.15, 0.2) is 21.9 Å². The third kappa shape index (κ3) is 4.35. The van der Waals surface area contributed by atoms with Crippen molar-refractivity contribution in [3.05, 3.63) is 53.0 Å². The SMILES string of the molecule is CCOc1ccc2c(c1)sc(=NC(=O)c1cc3cccc(OCC)c3o1)n2CCOC. The molecule has 0 radical (unpaired) electrons. The number of carbonyl (C=O) groups excluding carboxylic acids is 1. The average Bonchev–Trinajstić information content (AvgIpc) is 3.34. The van der Waals surface area contributed by atoms with Gasteiger partial charge in [-0.15, -0.1) is 0 Å².